The molecule has 0 amide bonds. The maximum Gasteiger partial charge on any atom is 0.323 e. The lowest BCUT2D eigenvalue weighted by atomic mass is 10.0. The van der Waals surface area contributed by atoms with Crippen LogP contribution in [0.5, 0.6) is 0 Å². The third-order valence-corrected chi connectivity index (χ3v) is 4.22. The smallest absolute Gasteiger partial charge is 0.323 e. The van der Waals surface area contributed by atoms with E-state index in [1.54, 1.807) is 0 Å². The Morgan fingerprint density at radius 3 is 2.55 bits per heavy atom. The topological polar surface area (TPSA) is 56.2 Å². The summed E-state index contributed by atoms with van der Waals surface area (Å²) in [6.07, 6.45) is 0.880. The van der Waals surface area contributed by atoms with Gasteiger partial charge in [0.15, 0.2) is 0 Å². The van der Waals surface area contributed by atoms with Crippen LogP contribution < -0.4 is 5.32 Å². The maximum atomic E-state index is 11.8. The average molecular weight is 346 g/mol. The Hall–Kier alpha value is -0.880. The number of hydrogen-bond acceptors (Lipinski definition) is 4. The fourth-order valence-corrected chi connectivity index (χ4v) is 2.82. The van der Waals surface area contributed by atoms with Crippen LogP contribution in [-0.2, 0) is 29.0 Å². The van der Waals surface area contributed by atoms with Crippen molar-refractivity contribution in [1.82, 2.24) is 15.1 Å². The van der Waals surface area contributed by atoms with Crippen LogP contribution in [0.15, 0.2) is 4.47 Å². The monoisotopic (exact) mass is 345 g/mol. The van der Waals surface area contributed by atoms with Crippen LogP contribution in [-0.4, -0.2) is 28.9 Å². The van der Waals surface area contributed by atoms with Crippen LogP contribution in [0.25, 0.3) is 0 Å². The first-order valence-electron chi connectivity index (χ1n) is 7.01. The molecule has 6 heteroatoms. The van der Waals surface area contributed by atoms with Crippen LogP contribution >= 0.6 is 15.9 Å². The molecule has 0 aromatic carbocycles. The predicted molar refractivity (Wildman–Crippen MR) is 82.5 cm³/mol. The number of ether oxygens (including phenoxy) is 1. The molecule has 0 aliphatic heterocycles. The maximum absolute atomic E-state index is 11.8. The molecule has 0 saturated heterocycles. The van der Waals surface area contributed by atoms with Gasteiger partial charge in [-0.25, -0.2) is 0 Å². The highest BCUT2D eigenvalue weighted by Gasteiger charge is 2.23. The molecule has 1 aromatic heterocycles. The van der Waals surface area contributed by atoms with E-state index in [0.717, 1.165) is 28.8 Å². The minimum atomic E-state index is -0.308. The quantitative estimate of drug-likeness (QED) is 0.771. The molecular weight excluding hydrogens is 322 g/mol. The molecule has 1 rings (SSSR count). The Morgan fingerprint density at radius 1 is 1.45 bits per heavy atom. The number of methoxy groups -OCH3 is 1. The molecule has 0 aliphatic rings. The summed E-state index contributed by atoms with van der Waals surface area (Å²) in [6.45, 7) is 9.52. The van der Waals surface area contributed by atoms with E-state index >= 15 is 0 Å². The second-order valence-corrected chi connectivity index (χ2v) is 5.80. The summed E-state index contributed by atoms with van der Waals surface area (Å²) in [5, 5.41) is 7.82. The van der Waals surface area contributed by atoms with Crippen LogP contribution in [0.3, 0.4) is 0 Å². The minimum Gasteiger partial charge on any atom is -0.468 e. The average Bonchev–Trinajstić information content (AvgIpc) is 2.74. The lowest BCUT2D eigenvalue weighted by Crippen LogP contribution is -2.41. The van der Waals surface area contributed by atoms with Crippen molar-refractivity contribution in [2.45, 2.75) is 53.2 Å². The van der Waals surface area contributed by atoms with Gasteiger partial charge in [-0.3, -0.25) is 14.8 Å². The summed E-state index contributed by atoms with van der Waals surface area (Å²) in [4.78, 5) is 11.8. The SMILES string of the molecule is CCc1nn(CC)c(CNC(C(=O)OC)C(C)C)c1Br. The Bertz CT molecular complexity index is 458. The first-order valence-corrected chi connectivity index (χ1v) is 7.80. The Balaban J connectivity index is 2.87. The number of halogens is 1. The van der Waals surface area contributed by atoms with E-state index in [4.69, 9.17) is 4.74 Å². The van der Waals surface area contributed by atoms with Crippen LogP contribution in [0.2, 0.25) is 0 Å². The standard InChI is InChI=1S/C14H24BrN3O2/c1-6-10-12(15)11(18(7-2)17-10)8-16-13(9(3)4)14(19)20-5/h9,13,16H,6-8H2,1-5H3. The second-order valence-electron chi connectivity index (χ2n) is 5.00. The molecule has 5 nitrogen and oxygen atoms in total. The van der Waals surface area contributed by atoms with E-state index in [0.29, 0.717) is 6.54 Å². The molecule has 1 aromatic rings. The normalized spacial score (nSPS) is 12.8. The van der Waals surface area contributed by atoms with Gasteiger partial charge in [0.1, 0.15) is 6.04 Å². The summed E-state index contributed by atoms with van der Waals surface area (Å²) >= 11 is 3.60. The molecule has 0 fully saturated rings. The highest BCUT2D eigenvalue weighted by molar-refractivity contribution is 9.10. The zero-order valence-electron chi connectivity index (χ0n) is 12.9. The largest absolute Gasteiger partial charge is 0.468 e. The van der Waals surface area contributed by atoms with Crippen LogP contribution in [0.4, 0.5) is 0 Å². The number of nitrogens with one attached hydrogen (secondary N) is 1. The van der Waals surface area contributed by atoms with Crippen molar-refractivity contribution in [1.29, 1.82) is 0 Å². The molecule has 0 saturated carbocycles. The molecule has 1 N–H and O–H groups in total. The van der Waals surface area contributed by atoms with E-state index in [1.165, 1.54) is 7.11 Å². The van der Waals surface area contributed by atoms with Gasteiger partial charge in [-0.1, -0.05) is 20.8 Å². The number of carbonyl (C=O) groups excluding carboxylic acids is 1. The zero-order valence-corrected chi connectivity index (χ0v) is 14.5. The van der Waals surface area contributed by atoms with Crippen molar-refractivity contribution in [2.75, 3.05) is 7.11 Å². The minimum absolute atomic E-state index is 0.171. The Morgan fingerprint density at radius 2 is 2.10 bits per heavy atom. The van der Waals surface area contributed by atoms with Gasteiger partial charge in [-0.05, 0) is 35.2 Å². The Kier molecular flexibility index (Phi) is 6.68. The number of nitrogens with zero attached hydrogens (tertiary/aromatic N) is 2. The fraction of sp³-hybridized carbons (Fsp3) is 0.714. The summed E-state index contributed by atoms with van der Waals surface area (Å²) in [5.74, 6) is -0.0562. The summed E-state index contributed by atoms with van der Waals surface area (Å²) in [6, 6.07) is -0.308. The van der Waals surface area contributed by atoms with Crippen molar-refractivity contribution >= 4 is 21.9 Å². The first-order chi connectivity index (χ1) is 9.46. The van der Waals surface area contributed by atoms with Gasteiger partial charge in [0.25, 0.3) is 0 Å². The first kappa shape index (κ1) is 17.2. The van der Waals surface area contributed by atoms with Gasteiger partial charge in [0, 0.05) is 13.1 Å². The van der Waals surface area contributed by atoms with Crippen LogP contribution in [0.1, 0.15) is 39.1 Å². The number of carbonyl (C=O) groups is 1. The van der Waals surface area contributed by atoms with E-state index < -0.39 is 0 Å². The fourth-order valence-electron chi connectivity index (χ4n) is 2.11. The van der Waals surface area contributed by atoms with Crippen molar-refractivity contribution in [3.8, 4) is 0 Å². The van der Waals surface area contributed by atoms with Gasteiger partial charge in [-0.2, -0.15) is 5.10 Å². The molecule has 0 aliphatic carbocycles. The van der Waals surface area contributed by atoms with Crippen molar-refractivity contribution in [2.24, 2.45) is 5.92 Å². The zero-order chi connectivity index (χ0) is 15.3. The lowest BCUT2D eigenvalue weighted by molar-refractivity contribution is -0.144. The number of esters is 1. The Labute approximate surface area is 129 Å². The number of hydrogen-bond donors (Lipinski definition) is 1. The van der Waals surface area contributed by atoms with E-state index in [-0.39, 0.29) is 17.9 Å². The van der Waals surface area contributed by atoms with Gasteiger partial charge in [0.05, 0.1) is 23.0 Å². The van der Waals surface area contributed by atoms with Crippen molar-refractivity contribution in [3.05, 3.63) is 15.9 Å². The highest BCUT2D eigenvalue weighted by atomic mass is 79.9. The van der Waals surface area contributed by atoms with Gasteiger partial charge >= 0.3 is 5.97 Å². The summed E-state index contributed by atoms with van der Waals surface area (Å²) in [5.41, 5.74) is 2.11. The predicted octanol–water partition coefficient (Wildman–Crippen LogP) is 2.52. The number of aryl methyl sites for hydroxylation is 2. The van der Waals surface area contributed by atoms with Crippen molar-refractivity contribution < 1.29 is 9.53 Å². The summed E-state index contributed by atoms with van der Waals surface area (Å²) in [7, 11) is 1.42. The number of aromatic nitrogens is 2. The molecule has 0 radical (unpaired) electrons. The van der Waals surface area contributed by atoms with E-state index in [9.17, 15) is 4.79 Å². The lowest BCUT2D eigenvalue weighted by Gasteiger charge is -2.20. The van der Waals surface area contributed by atoms with Crippen LogP contribution in [0, 0.1) is 5.92 Å². The third kappa shape index (κ3) is 3.82. The molecule has 20 heavy (non-hydrogen) atoms. The van der Waals surface area contributed by atoms with Gasteiger partial charge < -0.3 is 4.74 Å². The second kappa shape index (κ2) is 7.78. The van der Waals surface area contributed by atoms with Gasteiger partial charge in [-0.15, -0.1) is 0 Å². The molecule has 1 heterocycles. The highest BCUT2D eigenvalue weighted by Crippen LogP contribution is 2.22. The van der Waals surface area contributed by atoms with E-state index in [1.807, 2.05) is 18.5 Å². The van der Waals surface area contributed by atoms with E-state index in [2.05, 4.69) is 40.2 Å². The molecule has 0 bridgehead atoms. The molecule has 114 valence electrons. The molecule has 0 spiro atoms. The van der Waals surface area contributed by atoms with Crippen molar-refractivity contribution in [3.63, 3.8) is 0 Å². The summed E-state index contributed by atoms with van der Waals surface area (Å²) < 4.78 is 7.83. The molecule has 1 unspecified atom stereocenters. The third-order valence-electron chi connectivity index (χ3n) is 3.31. The van der Waals surface area contributed by atoms with Gasteiger partial charge in [0.2, 0.25) is 0 Å². The molecule has 1 atom stereocenters. The number of rotatable bonds is 7. The molecular formula is C14H24BrN3O2.